The number of fused-ring (bicyclic) bond motifs is 1. The number of carbonyl (C=O) groups is 1. The maximum Gasteiger partial charge on any atom is 0.336 e. The minimum atomic E-state index is -0.787. The van der Waals surface area contributed by atoms with E-state index in [2.05, 4.69) is 18.7 Å². The molecule has 0 atom stereocenters. The summed E-state index contributed by atoms with van der Waals surface area (Å²) in [4.78, 5) is 14.6. The van der Waals surface area contributed by atoms with Gasteiger partial charge in [0.25, 0.3) is 0 Å². The van der Waals surface area contributed by atoms with Crippen LogP contribution in [0.5, 0.6) is 0 Å². The Morgan fingerprint density at radius 1 is 1.60 bits per heavy atom. The monoisotopic (exact) mass is 225 g/mol. The van der Waals surface area contributed by atoms with Gasteiger partial charge in [0.15, 0.2) is 0 Å². The van der Waals surface area contributed by atoms with Gasteiger partial charge in [0.1, 0.15) is 0 Å². The molecule has 1 aromatic rings. The van der Waals surface area contributed by atoms with Gasteiger partial charge in [0, 0.05) is 29.4 Å². The Kier molecular flexibility index (Phi) is 2.80. The van der Waals surface area contributed by atoms with Crippen molar-refractivity contribution in [3.63, 3.8) is 0 Å². The van der Waals surface area contributed by atoms with Crippen LogP contribution < -0.4 is 0 Å². The van der Waals surface area contributed by atoms with Crippen molar-refractivity contribution >= 4 is 17.3 Å². The van der Waals surface area contributed by atoms with Gasteiger partial charge in [0.2, 0.25) is 0 Å². The molecule has 4 heteroatoms. The first-order valence-corrected chi connectivity index (χ1v) is 6.04. The molecule has 0 saturated carbocycles. The van der Waals surface area contributed by atoms with Gasteiger partial charge in [-0.25, -0.2) is 4.79 Å². The van der Waals surface area contributed by atoms with Crippen LogP contribution in [0.25, 0.3) is 0 Å². The normalized spacial score (nSPS) is 16.7. The molecule has 2 rings (SSSR count). The van der Waals surface area contributed by atoms with Crippen LogP contribution in [0.2, 0.25) is 0 Å². The molecule has 0 radical (unpaired) electrons. The maximum atomic E-state index is 10.9. The number of hydrogen-bond donors (Lipinski definition) is 1. The summed E-state index contributed by atoms with van der Waals surface area (Å²) in [5.41, 5.74) is 1.57. The molecule has 1 N–H and O–H groups in total. The lowest BCUT2D eigenvalue weighted by Crippen LogP contribution is -2.35. The summed E-state index contributed by atoms with van der Waals surface area (Å²) in [6.45, 7) is 6.24. The molecule has 1 aromatic heterocycles. The third-order valence-corrected chi connectivity index (χ3v) is 3.95. The first kappa shape index (κ1) is 10.6. The van der Waals surface area contributed by atoms with Crippen molar-refractivity contribution < 1.29 is 9.90 Å². The molecular formula is C11H15NO2S. The van der Waals surface area contributed by atoms with Crippen molar-refractivity contribution in [2.45, 2.75) is 32.9 Å². The SMILES string of the molecule is CC(C)N1CCc2c(C(=O)O)csc2C1. The minimum absolute atomic E-state index is 0.512. The molecule has 3 nitrogen and oxygen atoms in total. The Balaban J connectivity index is 2.26. The van der Waals surface area contributed by atoms with Crippen LogP contribution in [-0.2, 0) is 13.0 Å². The molecule has 82 valence electrons. The van der Waals surface area contributed by atoms with E-state index in [1.54, 1.807) is 16.7 Å². The van der Waals surface area contributed by atoms with E-state index in [0.717, 1.165) is 25.1 Å². The number of nitrogens with zero attached hydrogens (tertiary/aromatic N) is 1. The zero-order chi connectivity index (χ0) is 11.0. The number of thiophene rings is 1. The molecule has 1 aliphatic heterocycles. The van der Waals surface area contributed by atoms with E-state index >= 15 is 0 Å². The molecular weight excluding hydrogens is 210 g/mol. The molecule has 0 saturated heterocycles. The molecule has 0 aromatic carbocycles. The van der Waals surface area contributed by atoms with E-state index in [1.165, 1.54) is 4.88 Å². The molecule has 1 aliphatic rings. The Labute approximate surface area is 93.3 Å². The van der Waals surface area contributed by atoms with E-state index in [-0.39, 0.29) is 0 Å². The molecule has 0 aliphatic carbocycles. The van der Waals surface area contributed by atoms with Gasteiger partial charge in [-0.3, -0.25) is 4.90 Å². The summed E-state index contributed by atoms with van der Waals surface area (Å²) in [6.07, 6.45) is 0.874. The number of hydrogen-bond acceptors (Lipinski definition) is 3. The highest BCUT2D eigenvalue weighted by Crippen LogP contribution is 2.29. The van der Waals surface area contributed by atoms with Crippen molar-refractivity contribution in [2.75, 3.05) is 6.54 Å². The zero-order valence-electron chi connectivity index (χ0n) is 8.99. The lowest BCUT2D eigenvalue weighted by Gasteiger charge is -2.30. The van der Waals surface area contributed by atoms with E-state index < -0.39 is 5.97 Å². The van der Waals surface area contributed by atoms with Gasteiger partial charge >= 0.3 is 5.97 Å². The molecule has 15 heavy (non-hydrogen) atoms. The number of aromatic carboxylic acids is 1. The lowest BCUT2D eigenvalue weighted by molar-refractivity contribution is 0.0695. The van der Waals surface area contributed by atoms with E-state index in [0.29, 0.717) is 11.6 Å². The Hall–Kier alpha value is -0.870. The van der Waals surface area contributed by atoms with Crippen LogP contribution >= 0.6 is 11.3 Å². The highest BCUT2D eigenvalue weighted by molar-refractivity contribution is 7.10. The second-order valence-electron chi connectivity index (χ2n) is 4.17. The Morgan fingerprint density at radius 2 is 2.33 bits per heavy atom. The van der Waals surface area contributed by atoms with Gasteiger partial charge < -0.3 is 5.11 Å². The summed E-state index contributed by atoms with van der Waals surface area (Å²) >= 11 is 1.58. The second-order valence-corrected chi connectivity index (χ2v) is 5.13. The van der Waals surface area contributed by atoms with Crippen LogP contribution in [0.15, 0.2) is 5.38 Å². The van der Waals surface area contributed by atoms with E-state index in [1.807, 2.05) is 0 Å². The van der Waals surface area contributed by atoms with Crippen LogP contribution in [0.1, 0.15) is 34.6 Å². The number of carboxylic acids is 1. The summed E-state index contributed by atoms with van der Waals surface area (Å²) in [7, 11) is 0. The van der Waals surface area contributed by atoms with E-state index in [4.69, 9.17) is 5.11 Å². The van der Waals surface area contributed by atoms with Crippen molar-refractivity contribution in [1.82, 2.24) is 4.90 Å². The van der Waals surface area contributed by atoms with Gasteiger partial charge in [-0.2, -0.15) is 0 Å². The Morgan fingerprint density at radius 3 is 2.93 bits per heavy atom. The van der Waals surface area contributed by atoms with Gasteiger partial charge in [-0.1, -0.05) is 0 Å². The van der Waals surface area contributed by atoms with Gasteiger partial charge in [-0.15, -0.1) is 11.3 Å². The van der Waals surface area contributed by atoms with Crippen LogP contribution in [0.3, 0.4) is 0 Å². The van der Waals surface area contributed by atoms with Crippen molar-refractivity contribution in [3.05, 3.63) is 21.4 Å². The van der Waals surface area contributed by atoms with E-state index in [9.17, 15) is 4.79 Å². The Bertz CT molecular complexity index is 384. The minimum Gasteiger partial charge on any atom is -0.478 e. The van der Waals surface area contributed by atoms with Crippen LogP contribution in [0.4, 0.5) is 0 Å². The topological polar surface area (TPSA) is 40.5 Å². The molecule has 0 bridgehead atoms. The third-order valence-electron chi connectivity index (χ3n) is 2.94. The molecule has 0 unspecified atom stereocenters. The van der Waals surface area contributed by atoms with Crippen molar-refractivity contribution in [3.8, 4) is 0 Å². The zero-order valence-corrected chi connectivity index (χ0v) is 9.80. The average Bonchev–Trinajstić information content (AvgIpc) is 2.59. The fraction of sp³-hybridized carbons (Fsp3) is 0.545. The fourth-order valence-corrected chi connectivity index (χ4v) is 3.07. The van der Waals surface area contributed by atoms with Gasteiger partial charge in [0.05, 0.1) is 5.56 Å². The molecule has 0 spiro atoms. The second kappa shape index (κ2) is 3.94. The summed E-state index contributed by atoms with van der Waals surface area (Å²) in [5.74, 6) is -0.787. The standard InChI is InChI=1S/C11H15NO2S/c1-7(2)12-4-3-8-9(11(13)14)6-15-10(8)5-12/h6-7H,3-5H2,1-2H3,(H,13,14). The lowest BCUT2D eigenvalue weighted by atomic mass is 10.0. The maximum absolute atomic E-state index is 10.9. The highest BCUT2D eigenvalue weighted by Gasteiger charge is 2.24. The first-order valence-electron chi connectivity index (χ1n) is 5.16. The summed E-state index contributed by atoms with van der Waals surface area (Å²) < 4.78 is 0. The summed E-state index contributed by atoms with van der Waals surface area (Å²) in [6, 6.07) is 0.536. The highest BCUT2D eigenvalue weighted by atomic mass is 32.1. The first-order chi connectivity index (χ1) is 7.09. The predicted octanol–water partition coefficient (Wildman–Crippen LogP) is 2.21. The van der Waals surface area contributed by atoms with Crippen molar-refractivity contribution in [1.29, 1.82) is 0 Å². The quantitative estimate of drug-likeness (QED) is 0.839. The third kappa shape index (κ3) is 1.92. The molecule has 0 amide bonds. The van der Waals surface area contributed by atoms with Crippen molar-refractivity contribution in [2.24, 2.45) is 0 Å². The van der Waals surface area contributed by atoms with Crippen LogP contribution in [0, 0.1) is 0 Å². The molecule has 0 fully saturated rings. The predicted molar refractivity (Wildman–Crippen MR) is 60.5 cm³/mol. The smallest absolute Gasteiger partial charge is 0.336 e. The summed E-state index contributed by atoms with van der Waals surface area (Å²) in [5, 5.41) is 10.8. The van der Waals surface area contributed by atoms with Gasteiger partial charge in [-0.05, 0) is 25.8 Å². The fourth-order valence-electron chi connectivity index (χ4n) is 1.97. The number of rotatable bonds is 2. The molecule has 2 heterocycles. The number of carboxylic acid groups (broad SMARTS) is 1. The largest absolute Gasteiger partial charge is 0.478 e. The average molecular weight is 225 g/mol. The van der Waals surface area contributed by atoms with Crippen LogP contribution in [-0.4, -0.2) is 28.6 Å².